The number of hydrogen-bond acceptors (Lipinski definition) is 6. The molecule has 1 N–H and O–H groups in total. The zero-order valence-corrected chi connectivity index (χ0v) is 19.9. The van der Waals surface area contributed by atoms with Gasteiger partial charge in [0, 0.05) is 37.3 Å². The Bertz CT molecular complexity index is 1400. The topological polar surface area (TPSA) is 115 Å². The number of aromatic amines is 1. The molecule has 1 fully saturated rings. The van der Waals surface area contributed by atoms with Gasteiger partial charge in [0.25, 0.3) is 5.91 Å². The molecule has 0 spiro atoms. The molecule has 35 heavy (non-hydrogen) atoms. The number of benzene rings is 2. The number of aromatic nitrogens is 3. The molecular formula is C26H26N6O3. The van der Waals surface area contributed by atoms with Crippen LogP contribution in [-0.2, 0) is 11.3 Å². The van der Waals surface area contributed by atoms with E-state index in [-0.39, 0.29) is 30.4 Å². The number of nitrogens with one attached hydrogen (secondary N) is 1. The number of nitriles is 1. The average molecular weight is 471 g/mol. The molecule has 0 unspecified atom stereocenters. The van der Waals surface area contributed by atoms with Crippen LogP contribution in [0.15, 0.2) is 42.1 Å². The highest BCUT2D eigenvalue weighted by molar-refractivity contribution is 5.98. The minimum atomic E-state index is -0.369. The zero-order chi connectivity index (χ0) is 24.7. The first-order valence-corrected chi connectivity index (χ1v) is 11.6. The monoisotopic (exact) mass is 470 g/mol. The number of nitrogens with zero attached hydrogens (tertiary/aromatic N) is 5. The predicted octanol–water partition coefficient (Wildman–Crippen LogP) is 3.87. The first-order valence-electron chi connectivity index (χ1n) is 11.6. The largest absolute Gasteiger partial charge is 0.445 e. The van der Waals surface area contributed by atoms with Gasteiger partial charge in [0.1, 0.15) is 17.6 Å². The van der Waals surface area contributed by atoms with Crippen molar-refractivity contribution in [3.05, 3.63) is 69.9 Å². The third-order valence-corrected chi connectivity index (χ3v) is 6.74. The van der Waals surface area contributed by atoms with E-state index in [2.05, 4.69) is 35.3 Å². The summed E-state index contributed by atoms with van der Waals surface area (Å²) in [4.78, 5) is 29.2. The van der Waals surface area contributed by atoms with Crippen LogP contribution in [0.1, 0.15) is 52.4 Å². The first kappa shape index (κ1) is 22.6. The van der Waals surface area contributed by atoms with Gasteiger partial charge >= 0.3 is 6.09 Å². The zero-order valence-electron chi connectivity index (χ0n) is 19.9. The standard InChI is InChI=1S/C26H26N6O3/c1-15(2)22-7-18(9-27)16(3)6-19(22)14-35-26(34)32-12-20-10-31(11-21(20)13-32)25(33)17-4-5-23-24(8-17)29-30-28-23/h4-8,10,15,21H,11-14H2,1-3H3,(H,28,29,30)/t21-/m0/s1. The fourth-order valence-corrected chi connectivity index (χ4v) is 4.83. The lowest BCUT2D eigenvalue weighted by Crippen LogP contribution is -2.33. The van der Waals surface area contributed by atoms with Gasteiger partial charge in [-0.05, 0) is 59.4 Å². The van der Waals surface area contributed by atoms with Crippen LogP contribution in [0, 0.1) is 24.2 Å². The van der Waals surface area contributed by atoms with Crippen LogP contribution in [0.5, 0.6) is 0 Å². The highest BCUT2D eigenvalue weighted by Gasteiger charge is 2.38. The summed E-state index contributed by atoms with van der Waals surface area (Å²) < 4.78 is 5.65. The summed E-state index contributed by atoms with van der Waals surface area (Å²) in [6.45, 7) is 7.65. The minimum absolute atomic E-state index is 0.0941. The summed E-state index contributed by atoms with van der Waals surface area (Å²) in [6, 6.07) is 11.3. The minimum Gasteiger partial charge on any atom is -0.445 e. The molecule has 2 aliphatic rings. The van der Waals surface area contributed by atoms with Crippen molar-refractivity contribution in [1.82, 2.24) is 25.2 Å². The second-order valence-electron chi connectivity index (χ2n) is 9.45. The Labute approximate surface area is 203 Å². The second-order valence-corrected chi connectivity index (χ2v) is 9.45. The maximum absolute atomic E-state index is 13.0. The fourth-order valence-electron chi connectivity index (χ4n) is 4.83. The van der Waals surface area contributed by atoms with Gasteiger partial charge in [-0.25, -0.2) is 4.79 Å². The molecule has 1 saturated heterocycles. The van der Waals surface area contributed by atoms with Gasteiger partial charge in [-0.1, -0.05) is 19.9 Å². The van der Waals surface area contributed by atoms with E-state index in [4.69, 9.17) is 4.74 Å². The summed E-state index contributed by atoms with van der Waals surface area (Å²) >= 11 is 0. The molecule has 1 atom stereocenters. The van der Waals surface area contributed by atoms with Crippen LogP contribution in [0.2, 0.25) is 0 Å². The first-order chi connectivity index (χ1) is 16.8. The number of fused-ring (bicyclic) bond motifs is 2. The van der Waals surface area contributed by atoms with Crippen molar-refractivity contribution < 1.29 is 14.3 Å². The van der Waals surface area contributed by atoms with Crippen LogP contribution in [-0.4, -0.2) is 56.8 Å². The highest BCUT2D eigenvalue weighted by Crippen LogP contribution is 2.31. The van der Waals surface area contributed by atoms with Gasteiger partial charge in [0.05, 0.1) is 11.6 Å². The van der Waals surface area contributed by atoms with E-state index in [1.165, 1.54) is 0 Å². The SMILES string of the molecule is Cc1cc(COC(=O)N2CC3=CN(C(=O)c4ccc5n[nH]nc5c4)C[C@H]3C2)c(C(C)C)cc1C#N. The molecule has 0 radical (unpaired) electrons. The van der Waals surface area contributed by atoms with Gasteiger partial charge in [-0.3, -0.25) is 4.79 Å². The molecular weight excluding hydrogens is 444 g/mol. The van der Waals surface area contributed by atoms with Crippen LogP contribution in [0.4, 0.5) is 4.79 Å². The third-order valence-electron chi connectivity index (χ3n) is 6.74. The van der Waals surface area contributed by atoms with Crippen LogP contribution < -0.4 is 0 Å². The molecule has 2 aromatic carbocycles. The van der Waals surface area contributed by atoms with E-state index in [1.807, 2.05) is 25.3 Å². The lowest BCUT2D eigenvalue weighted by Gasteiger charge is -2.20. The third kappa shape index (κ3) is 4.23. The van der Waals surface area contributed by atoms with Crippen molar-refractivity contribution in [2.24, 2.45) is 5.92 Å². The number of hydrogen-bond donors (Lipinski definition) is 1. The second kappa shape index (κ2) is 8.87. The summed E-state index contributed by atoms with van der Waals surface area (Å²) in [5, 5.41) is 19.9. The number of aryl methyl sites for hydroxylation is 1. The number of amides is 2. The van der Waals surface area contributed by atoms with E-state index in [0.29, 0.717) is 41.8 Å². The molecule has 5 rings (SSSR count). The summed E-state index contributed by atoms with van der Waals surface area (Å²) in [5.41, 5.74) is 6.41. The number of ether oxygens (including phenoxy) is 1. The number of likely N-dealkylation sites (tertiary alicyclic amines) is 1. The average Bonchev–Trinajstić information content (AvgIpc) is 3.56. The number of carbonyl (C=O) groups is 2. The predicted molar refractivity (Wildman–Crippen MR) is 128 cm³/mol. The van der Waals surface area contributed by atoms with Gasteiger partial charge < -0.3 is 14.5 Å². The molecule has 2 aliphatic heterocycles. The van der Waals surface area contributed by atoms with Crippen molar-refractivity contribution in [2.45, 2.75) is 33.3 Å². The van der Waals surface area contributed by atoms with E-state index >= 15 is 0 Å². The molecule has 9 nitrogen and oxygen atoms in total. The maximum Gasteiger partial charge on any atom is 0.410 e. The Hall–Kier alpha value is -4.19. The molecule has 0 saturated carbocycles. The molecule has 1 aromatic heterocycles. The molecule has 3 heterocycles. The summed E-state index contributed by atoms with van der Waals surface area (Å²) in [7, 11) is 0. The van der Waals surface area contributed by atoms with Gasteiger partial charge in [-0.15, -0.1) is 0 Å². The quantitative estimate of drug-likeness (QED) is 0.619. The molecule has 3 aromatic rings. The van der Waals surface area contributed by atoms with Crippen molar-refractivity contribution >= 4 is 23.0 Å². The van der Waals surface area contributed by atoms with Crippen molar-refractivity contribution in [3.8, 4) is 6.07 Å². The highest BCUT2D eigenvalue weighted by atomic mass is 16.6. The molecule has 178 valence electrons. The molecule has 0 bridgehead atoms. The summed E-state index contributed by atoms with van der Waals surface area (Å²) in [6.07, 6.45) is 1.49. The van der Waals surface area contributed by atoms with E-state index in [1.54, 1.807) is 28.0 Å². The fraction of sp³-hybridized carbons (Fsp3) is 0.346. The van der Waals surface area contributed by atoms with Crippen molar-refractivity contribution in [1.29, 1.82) is 5.26 Å². The van der Waals surface area contributed by atoms with Gasteiger partial charge in [0.2, 0.25) is 0 Å². The Morgan fingerprint density at radius 3 is 2.74 bits per heavy atom. The van der Waals surface area contributed by atoms with Gasteiger partial charge in [0.15, 0.2) is 0 Å². The molecule has 0 aliphatic carbocycles. The number of H-pyrrole nitrogens is 1. The number of rotatable bonds is 4. The van der Waals surface area contributed by atoms with E-state index in [0.717, 1.165) is 22.3 Å². The Morgan fingerprint density at radius 2 is 2.00 bits per heavy atom. The Kier molecular flexibility index (Phi) is 5.73. The van der Waals surface area contributed by atoms with Crippen LogP contribution in [0.3, 0.4) is 0 Å². The lowest BCUT2D eigenvalue weighted by molar-refractivity contribution is 0.0815. The van der Waals surface area contributed by atoms with Crippen LogP contribution >= 0.6 is 0 Å². The van der Waals surface area contributed by atoms with Crippen molar-refractivity contribution in [2.75, 3.05) is 19.6 Å². The Morgan fingerprint density at radius 1 is 1.20 bits per heavy atom. The van der Waals surface area contributed by atoms with E-state index < -0.39 is 0 Å². The Balaban J connectivity index is 1.22. The van der Waals surface area contributed by atoms with Gasteiger partial charge in [-0.2, -0.15) is 20.7 Å². The maximum atomic E-state index is 13.0. The smallest absolute Gasteiger partial charge is 0.410 e. The lowest BCUT2D eigenvalue weighted by atomic mass is 9.93. The molecule has 9 heteroatoms. The van der Waals surface area contributed by atoms with E-state index in [9.17, 15) is 14.9 Å². The van der Waals surface area contributed by atoms with Crippen LogP contribution in [0.25, 0.3) is 11.0 Å². The normalized spacial score (nSPS) is 17.0. The molecule has 2 amide bonds. The van der Waals surface area contributed by atoms with Crippen molar-refractivity contribution in [3.63, 3.8) is 0 Å². The summed E-state index contributed by atoms with van der Waals surface area (Å²) in [5.74, 6) is 0.218. The number of carbonyl (C=O) groups excluding carboxylic acids is 2.